The van der Waals surface area contributed by atoms with Crippen LogP contribution in [0.25, 0.3) is 17.8 Å². The van der Waals surface area contributed by atoms with E-state index in [-0.39, 0.29) is 88.6 Å². The number of aromatic nitrogens is 6. The molecule has 6 aliphatic rings. The molecule has 4 aromatic heterocycles. The van der Waals surface area contributed by atoms with E-state index in [2.05, 4.69) is 15.0 Å². The molecular formula is C30H24N6O6. The highest BCUT2D eigenvalue weighted by atomic mass is 16.3. The average molecular weight is 565 g/mol. The lowest BCUT2D eigenvalue weighted by Gasteiger charge is -2.14. The first-order valence-electron chi connectivity index (χ1n) is 14.1. The van der Waals surface area contributed by atoms with E-state index in [0.717, 1.165) is 33.0 Å². The van der Waals surface area contributed by atoms with Gasteiger partial charge in [0.25, 0.3) is 0 Å². The van der Waals surface area contributed by atoms with Crippen molar-refractivity contribution in [1.82, 2.24) is 28.7 Å². The van der Waals surface area contributed by atoms with Crippen LogP contribution in [0.4, 0.5) is 0 Å². The summed E-state index contributed by atoms with van der Waals surface area (Å²) in [6.45, 7) is 0. The number of hydrogen-bond donors (Lipinski definition) is 6. The Hall–Kier alpha value is -5.13. The van der Waals surface area contributed by atoms with E-state index in [4.69, 9.17) is 0 Å². The number of fused-ring (bicyclic) bond motifs is 15. The van der Waals surface area contributed by atoms with Crippen LogP contribution in [-0.2, 0) is 0 Å². The van der Waals surface area contributed by atoms with E-state index < -0.39 is 0 Å². The maximum Gasteiger partial charge on any atom is 0.246 e. The summed E-state index contributed by atoms with van der Waals surface area (Å²) in [7, 11) is 0. The summed E-state index contributed by atoms with van der Waals surface area (Å²) in [6, 6.07) is 0. The fraction of sp³-hybridized carbons (Fsp3) is 0.300. The van der Waals surface area contributed by atoms with Crippen molar-refractivity contribution in [2.24, 2.45) is 0 Å². The molecule has 6 unspecified atom stereocenters. The number of rotatable bonds is 3. The van der Waals surface area contributed by atoms with Crippen LogP contribution >= 0.6 is 0 Å². The highest BCUT2D eigenvalue weighted by Crippen LogP contribution is 2.59. The van der Waals surface area contributed by atoms with Crippen molar-refractivity contribution in [2.75, 3.05) is 0 Å². The fourth-order valence-corrected chi connectivity index (χ4v) is 8.53. The Balaban J connectivity index is 1.23. The van der Waals surface area contributed by atoms with E-state index in [1.165, 1.54) is 0 Å². The molecule has 42 heavy (non-hydrogen) atoms. The molecule has 0 saturated heterocycles. The van der Waals surface area contributed by atoms with Crippen LogP contribution in [0.2, 0.25) is 0 Å². The number of aromatic hydroxyl groups is 6. The van der Waals surface area contributed by atoms with Crippen molar-refractivity contribution in [3.05, 3.63) is 69.8 Å². The van der Waals surface area contributed by atoms with Crippen molar-refractivity contribution in [3.63, 3.8) is 0 Å². The summed E-state index contributed by atoms with van der Waals surface area (Å²) in [6.07, 6.45) is 14.3. The number of hydrogen-bond acceptors (Lipinski definition) is 9. The topological polar surface area (TPSA) is 175 Å². The van der Waals surface area contributed by atoms with Crippen molar-refractivity contribution in [1.29, 1.82) is 0 Å². The van der Waals surface area contributed by atoms with E-state index in [1.54, 1.807) is 0 Å². The molecule has 0 amide bonds. The quantitative estimate of drug-likeness (QED) is 0.202. The zero-order valence-electron chi connectivity index (χ0n) is 21.9. The van der Waals surface area contributed by atoms with Gasteiger partial charge in [-0.25, -0.2) is 13.7 Å². The summed E-state index contributed by atoms with van der Waals surface area (Å²) in [4.78, 5) is 13.5. The SMILES string of the molecule is Oc1c2c(c(O)n1-c1nc(-n3c(O)c4c(c3O)C3C=CC4C3)nc(-n3c(O)c4c(c3O)C3C=CC4C3)n1)C1C=CC2C1. The standard InChI is InChI=1S/C30H24N6O6/c37-22-16-10-1-2-11(7-10)17(16)23(38)34(22)28-31-29(35-24(39)18-12-3-4-13(8-12)19(18)25(35)40)33-30(32-28)36-26(41)20-14-5-6-15(9-14)21(20)27(36)42/h1-6,10-15,37-42H,7-9H2. The van der Waals surface area contributed by atoms with Gasteiger partial charge in [0.15, 0.2) is 0 Å². The smallest absolute Gasteiger partial charge is 0.246 e. The molecule has 6 bridgehead atoms. The highest BCUT2D eigenvalue weighted by molar-refractivity contribution is 5.64. The molecule has 4 aromatic rings. The van der Waals surface area contributed by atoms with Gasteiger partial charge in [-0.2, -0.15) is 15.0 Å². The fourth-order valence-electron chi connectivity index (χ4n) is 8.53. The monoisotopic (exact) mass is 564 g/mol. The van der Waals surface area contributed by atoms with Crippen LogP contribution in [0.1, 0.15) is 88.2 Å². The Labute approximate surface area is 237 Å². The highest BCUT2D eigenvalue weighted by Gasteiger charge is 2.45. The van der Waals surface area contributed by atoms with E-state index in [9.17, 15) is 30.6 Å². The maximum atomic E-state index is 11.3. The van der Waals surface area contributed by atoms with Gasteiger partial charge in [0.2, 0.25) is 53.1 Å². The molecule has 0 radical (unpaired) electrons. The molecule has 0 fully saturated rings. The molecule has 10 rings (SSSR count). The minimum absolute atomic E-state index is 0.0510. The Bertz CT molecular complexity index is 1700. The second kappa shape index (κ2) is 7.01. The zero-order chi connectivity index (χ0) is 28.3. The van der Waals surface area contributed by atoms with Crippen molar-refractivity contribution < 1.29 is 30.6 Å². The first-order valence-corrected chi connectivity index (χ1v) is 14.1. The van der Waals surface area contributed by atoms with E-state index in [1.807, 2.05) is 36.5 Å². The first-order chi connectivity index (χ1) is 20.3. The Kier molecular flexibility index (Phi) is 3.76. The second-order valence-corrected chi connectivity index (χ2v) is 12.2. The lowest BCUT2D eigenvalue weighted by molar-refractivity contribution is 0.383. The van der Waals surface area contributed by atoms with Gasteiger partial charge >= 0.3 is 0 Å². The molecule has 210 valence electrons. The van der Waals surface area contributed by atoms with Crippen molar-refractivity contribution in [2.45, 2.75) is 54.8 Å². The van der Waals surface area contributed by atoms with Crippen LogP contribution in [0, 0.1) is 0 Å². The minimum atomic E-state index is -0.223. The van der Waals surface area contributed by atoms with Gasteiger partial charge in [0, 0.05) is 68.9 Å². The molecular weight excluding hydrogens is 540 g/mol. The molecule has 0 saturated carbocycles. The Morgan fingerprint density at radius 1 is 0.381 bits per heavy atom. The Morgan fingerprint density at radius 3 is 0.762 bits per heavy atom. The third-order valence-corrected chi connectivity index (χ3v) is 10.3. The van der Waals surface area contributed by atoms with Gasteiger partial charge in [-0.1, -0.05) is 36.5 Å². The summed E-state index contributed by atoms with van der Waals surface area (Å²) >= 11 is 0. The zero-order valence-corrected chi connectivity index (χ0v) is 21.9. The molecule has 0 spiro atoms. The normalized spacial score (nSPS) is 28.0. The second-order valence-electron chi connectivity index (χ2n) is 12.2. The van der Waals surface area contributed by atoms with Crippen molar-refractivity contribution in [3.8, 4) is 53.1 Å². The molecule has 12 heteroatoms. The molecule has 12 nitrogen and oxygen atoms in total. The first kappa shape index (κ1) is 22.5. The van der Waals surface area contributed by atoms with Gasteiger partial charge in [0.1, 0.15) is 0 Å². The summed E-state index contributed by atoms with van der Waals surface area (Å²) in [5.74, 6) is -2.27. The van der Waals surface area contributed by atoms with Gasteiger partial charge in [-0.05, 0) is 19.3 Å². The van der Waals surface area contributed by atoms with Gasteiger partial charge in [-0.3, -0.25) is 0 Å². The number of nitrogens with zero attached hydrogens (tertiary/aromatic N) is 6. The predicted molar refractivity (Wildman–Crippen MR) is 146 cm³/mol. The van der Waals surface area contributed by atoms with Crippen LogP contribution in [0.3, 0.4) is 0 Å². The third-order valence-electron chi connectivity index (χ3n) is 10.3. The summed E-state index contributed by atoms with van der Waals surface area (Å²) in [5.41, 5.74) is 3.61. The minimum Gasteiger partial charge on any atom is -0.494 e. The summed E-state index contributed by atoms with van der Waals surface area (Å²) < 4.78 is 3.33. The largest absolute Gasteiger partial charge is 0.494 e. The lowest BCUT2D eigenvalue weighted by Crippen LogP contribution is -2.13. The van der Waals surface area contributed by atoms with Crippen LogP contribution in [-0.4, -0.2) is 59.3 Å². The van der Waals surface area contributed by atoms with Crippen LogP contribution in [0.5, 0.6) is 35.3 Å². The van der Waals surface area contributed by atoms with Gasteiger partial charge in [-0.15, -0.1) is 0 Å². The molecule has 4 heterocycles. The molecule has 6 aliphatic carbocycles. The third kappa shape index (κ3) is 2.37. The molecule has 6 N–H and O–H groups in total. The molecule has 0 aliphatic heterocycles. The van der Waals surface area contributed by atoms with Gasteiger partial charge < -0.3 is 30.6 Å². The number of allylic oxidation sites excluding steroid dienone is 6. The molecule has 6 atom stereocenters. The van der Waals surface area contributed by atoms with Crippen LogP contribution in [0.15, 0.2) is 36.5 Å². The summed E-state index contributed by atoms with van der Waals surface area (Å²) in [5, 5.41) is 68.0. The van der Waals surface area contributed by atoms with Crippen molar-refractivity contribution >= 4 is 0 Å². The van der Waals surface area contributed by atoms with E-state index >= 15 is 0 Å². The Morgan fingerprint density at radius 2 is 0.571 bits per heavy atom. The average Bonchev–Trinajstić information content (AvgIpc) is 3.82. The maximum absolute atomic E-state index is 11.3. The molecule has 0 aromatic carbocycles. The van der Waals surface area contributed by atoms with Crippen LogP contribution < -0.4 is 0 Å². The lowest BCUT2D eigenvalue weighted by atomic mass is 10.0. The predicted octanol–water partition coefficient (Wildman–Crippen LogP) is 3.90. The van der Waals surface area contributed by atoms with Gasteiger partial charge in [0.05, 0.1) is 0 Å². The van der Waals surface area contributed by atoms with E-state index in [0.29, 0.717) is 33.4 Å².